The second-order valence-electron chi connectivity index (χ2n) is 4.56. The van der Waals surface area contributed by atoms with Gasteiger partial charge < -0.3 is 4.90 Å². The van der Waals surface area contributed by atoms with Crippen LogP contribution in [0.2, 0.25) is 0 Å². The van der Waals surface area contributed by atoms with E-state index in [0.29, 0.717) is 0 Å². The Morgan fingerprint density at radius 2 is 2.16 bits per heavy atom. The van der Waals surface area contributed by atoms with Crippen LogP contribution >= 0.6 is 0 Å². The molecule has 0 atom stereocenters. The van der Waals surface area contributed by atoms with E-state index in [9.17, 15) is 0 Å². The smallest absolute Gasteiger partial charge is 0.163 e. The van der Waals surface area contributed by atoms with Gasteiger partial charge in [0.2, 0.25) is 0 Å². The first-order valence-corrected chi connectivity index (χ1v) is 6.00. The fourth-order valence-corrected chi connectivity index (χ4v) is 2.12. The van der Waals surface area contributed by atoms with Gasteiger partial charge in [0.25, 0.3) is 0 Å². The third-order valence-electron chi connectivity index (χ3n) is 3.02. The summed E-state index contributed by atoms with van der Waals surface area (Å²) in [6.07, 6.45) is 5.49. The number of aromatic amines is 1. The molecule has 0 aliphatic rings. The molecule has 3 aromatic rings. The third kappa shape index (κ3) is 2.03. The zero-order valence-electron chi connectivity index (χ0n) is 11.1. The number of nitrogens with one attached hydrogen (secondary N) is 1. The summed E-state index contributed by atoms with van der Waals surface area (Å²) < 4.78 is 1.76. The highest BCUT2D eigenvalue weighted by atomic mass is 15.3. The minimum absolute atomic E-state index is 0.733. The summed E-state index contributed by atoms with van der Waals surface area (Å²) in [6.45, 7) is 2.62. The third-order valence-corrected chi connectivity index (χ3v) is 3.02. The SMILES string of the molecule is Cc1nc(N(C)Cc2cn[nH]c2)c2cnn(C)c2n1. The molecule has 7 nitrogen and oxygen atoms in total. The predicted molar refractivity (Wildman–Crippen MR) is 71.7 cm³/mol. The largest absolute Gasteiger partial charge is 0.355 e. The lowest BCUT2D eigenvalue weighted by Gasteiger charge is -2.18. The van der Waals surface area contributed by atoms with E-state index in [1.807, 2.05) is 33.4 Å². The number of fused-ring (bicyclic) bond motifs is 1. The van der Waals surface area contributed by atoms with E-state index in [4.69, 9.17) is 0 Å². The molecule has 19 heavy (non-hydrogen) atoms. The lowest BCUT2D eigenvalue weighted by atomic mass is 10.3. The molecule has 0 spiro atoms. The molecule has 0 radical (unpaired) electrons. The first-order chi connectivity index (χ1) is 9.15. The van der Waals surface area contributed by atoms with E-state index in [2.05, 4.69) is 30.2 Å². The maximum atomic E-state index is 4.53. The van der Waals surface area contributed by atoms with Crippen molar-refractivity contribution in [2.24, 2.45) is 7.05 Å². The first-order valence-electron chi connectivity index (χ1n) is 6.00. The van der Waals surface area contributed by atoms with Crippen LogP contribution in [0.5, 0.6) is 0 Å². The lowest BCUT2D eigenvalue weighted by Crippen LogP contribution is -2.18. The Labute approximate surface area is 110 Å². The van der Waals surface area contributed by atoms with E-state index in [1.54, 1.807) is 10.9 Å². The molecule has 3 heterocycles. The zero-order chi connectivity index (χ0) is 13.4. The van der Waals surface area contributed by atoms with Gasteiger partial charge in [0.15, 0.2) is 5.65 Å². The van der Waals surface area contributed by atoms with Crippen molar-refractivity contribution in [2.45, 2.75) is 13.5 Å². The van der Waals surface area contributed by atoms with Gasteiger partial charge in [0, 0.05) is 32.4 Å². The average Bonchev–Trinajstić information content (AvgIpc) is 2.99. The molecule has 1 N–H and O–H groups in total. The van der Waals surface area contributed by atoms with E-state index in [-0.39, 0.29) is 0 Å². The topological polar surface area (TPSA) is 75.5 Å². The van der Waals surface area contributed by atoms with Gasteiger partial charge in [-0.1, -0.05) is 0 Å². The maximum absolute atomic E-state index is 4.53. The number of aromatic nitrogens is 6. The van der Waals surface area contributed by atoms with Crippen LogP contribution in [0.15, 0.2) is 18.6 Å². The highest BCUT2D eigenvalue weighted by Gasteiger charge is 2.13. The van der Waals surface area contributed by atoms with Gasteiger partial charge >= 0.3 is 0 Å². The summed E-state index contributed by atoms with van der Waals surface area (Å²) in [6, 6.07) is 0. The molecule has 7 heteroatoms. The molecular formula is C12H15N7. The van der Waals surface area contributed by atoms with Gasteiger partial charge in [0.05, 0.1) is 17.8 Å². The first kappa shape index (κ1) is 11.6. The number of aryl methyl sites for hydroxylation is 2. The maximum Gasteiger partial charge on any atom is 0.163 e. The Hall–Kier alpha value is -2.44. The van der Waals surface area contributed by atoms with Crippen LogP contribution in [-0.4, -0.2) is 37.0 Å². The molecule has 3 rings (SSSR count). The summed E-state index contributed by atoms with van der Waals surface area (Å²) in [4.78, 5) is 11.0. The molecule has 0 aliphatic carbocycles. The second-order valence-corrected chi connectivity index (χ2v) is 4.56. The van der Waals surface area contributed by atoms with Crippen molar-refractivity contribution < 1.29 is 0 Å². The molecule has 0 saturated carbocycles. The molecular weight excluding hydrogens is 242 g/mol. The second kappa shape index (κ2) is 4.34. The normalized spacial score (nSPS) is 11.1. The van der Waals surface area contributed by atoms with Gasteiger partial charge in [-0.2, -0.15) is 10.2 Å². The Kier molecular flexibility index (Phi) is 2.66. The van der Waals surface area contributed by atoms with Crippen LogP contribution in [0.4, 0.5) is 5.82 Å². The molecule has 0 aliphatic heterocycles. The Morgan fingerprint density at radius 1 is 1.32 bits per heavy atom. The average molecular weight is 257 g/mol. The monoisotopic (exact) mass is 257 g/mol. The molecule has 0 unspecified atom stereocenters. The number of hydrogen-bond donors (Lipinski definition) is 1. The predicted octanol–water partition coefficient (Wildman–Crippen LogP) is 1.03. The summed E-state index contributed by atoms with van der Waals surface area (Å²) in [5.74, 6) is 1.63. The summed E-state index contributed by atoms with van der Waals surface area (Å²) in [7, 11) is 3.88. The number of rotatable bonds is 3. The molecule has 98 valence electrons. The van der Waals surface area contributed by atoms with Crippen molar-refractivity contribution in [2.75, 3.05) is 11.9 Å². The van der Waals surface area contributed by atoms with Gasteiger partial charge in [0.1, 0.15) is 11.6 Å². The fourth-order valence-electron chi connectivity index (χ4n) is 2.12. The molecule has 0 amide bonds. The number of nitrogens with zero attached hydrogens (tertiary/aromatic N) is 6. The molecule has 3 aromatic heterocycles. The molecule has 0 aromatic carbocycles. The molecule has 0 fully saturated rings. The van der Waals surface area contributed by atoms with Crippen molar-refractivity contribution in [3.63, 3.8) is 0 Å². The summed E-state index contributed by atoms with van der Waals surface area (Å²) in [5.41, 5.74) is 1.96. The van der Waals surface area contributed by atoms with Crippen molar-refractivity contribution in [1.29, 1.82) is 0 Å². The van der Waals surface area contributed by atoms with E-state index < -0.39 is 0 Å². The van der Waals surface area contributed by atoms with E-state index in [0.717, 1.165) is 34.8 Å². The van der Waals surface area contributed by atoms with Crippen molar-refractivity contribution in [1.82, 2.24) is 29.9 Å². The Bertz CT molecular complexity index is 698. The number of anilines is 1. The summed E-state index contributed by atoms with van der Waals surface area (Å²) in [5, 5.41) is 12.0. The van der Waals surface area contributed by atoms with Crippen molar-refractivity contribution >= 4 is 16.9 Å². The minimum Gasteiger partial charge on any atom is -0.355 e. The van der Waals surface area contributed by atoms with E-state index >= 15 is 0 Å². The van der Waals surface area contributed by atoms with Gasteiger partial charge in [-0.3, -0.25) is 9.78 Å². The number of H-pyrrole nitrogens is 1. The van der Waals surface area contributed by atoms with Crippen LogP contribution in [-0.2, 0) is 13.6 Å². The van der Waals surface area contributed by atoms with Crippen molar-refractivity contribution in [3.05, 3.63) is 30.0 Å². The van der Waals surface area contributed by atoms with E-state index in [1.165, 1.54) is 0 Å². The standard InChI is InChI=1S/C12H15N7/c1-8-16-11(10-6-15-19(3)12(10)17-8)18(2)7-9-4-13-14-5-9/h4-6H,7H2,1-3H3,(H,13,14). The van der Waals surface area contributed by atoms with Crippen LogP contribution in [0.1, 0.15) is 11.4 Å². The Morgan fingerprint density at radius 3 is 2.89 bits per heavy atom. The van der Waals surface area contributed by atoms with Crippen LogP contribution in [0.25, 0.3) is 11.0 Å². The number of hydrogen-bond acceptors (Lipinski definition) is 5. The van der Waals surface area contributed by atoms with Crippen LogP contribution < -0.4 is 4.90 Å². The highest BCUT2D eigenvalue weighted by molar-refractivity contribution is 5.86. The quantitative estimate of drug-likeness (QED) is 0.758. The van der Waals surface area contributed by atoms with Gasteiger partial charge in [-0.25, -0.2) is 9.97 Å². The zero-order valence-corrected chi connectivity index (χ0v) is 11.1. The minimum atomic E-state index is 0.733. The molecule has 0 bridgehead atoms. The summed E-state index contributed by atoms with van der Waals surface area (Å²) >= 11 is 0. The highest BCUT2D eigenvalue weighted by Crippen LogP contribution is 2.23. The van der Waals surface area contributed by atoms with Crippen molar-refractivity contribution in [3.8, 4) is 0 Å². The fraction of sp³-hybridized carbons (Fsp3) is 0.333. The van der Waals surface area contributed by atoms with Gasteiger partial charge in [-0.05, 0) is 6.92 Å². The Balaban J connectivity index is 2.04. The van der Waals surface area contributed by atoms with Gasteiger partial charge in [-0.15, -0.1) is 0 Å². The van der Waals surface area contributed by atoms with Crippen LogP contribution in [0, 0.1) is 6.92 Å². The lowest BCUT2D eigenvalue weighted by molar-refractivity contribution is 0.782. The molecule has 0 saturated heterocycles. The van der Waals surface area contributed by atoms with Crippen LogP contribution in [0.3, 0.4) is 0 Å².